The van der Waals surface area contributed by atoms with Gasteiger partial charge < -0.3 is 9.64 Å². The molecule has 22 heavy (non-hydrogen) atoms. The van der Waals surface area contributed by atoms with Gasteiger partial charge in [-0.1, -0.05) is 6.07 Å². The Kier molecular flexibility index (Phi) is 3.86. The molecular weight excluding hydrogens is 304 g/mol. The summed E-state index contributed by atoms with van der Waals surface area (Å²) in [6.07, 6.45) is 2.28. The highest BCUT2D eigenvalue weighted by Crippen LogP contribution is 2.31. The van der Waals surface area contributed by atoms with Crippen LogP contribution in [0, 0.1) is 6.92 Å². The van der Waals surface area contributed by atoms with Crippen LogP contribution in [-0.4, -0.2) is 45.0 Å². The van der Waals surface area contributed by atoms with Gasteiger partial charge in [-0.25, -0.2) is 13.1 Å². The summed E-state index contributed by atoms with van der Waals surface area (Å²) in [6, 6.07) is 4.96. The number of nitrogens with zero attached hydrogens (tertiary/aromatic N) is 1. The smallest absolute Gasteiger partial charge is 0.244 e. The van der Waals surface area contributed by atoms with Crippen LogP contribution in [0.3, 0.4) is 0 Å². The minimum absolute atomic E-state index is 0.0337. The highest BCUT2D eigenvalue weighted by Gasteiger charge is 2.40. The quantitative estimate of drug-likeness (QED) is 0.878. The second-order valence-electron chi connectivity index (χ2n) is 5.95. The Morgan fingerprint density at radius 1 is 1.32 bits per heavy atom. The number of likely N-dealkylation sites (tertiary alicyclic amines) is 1. The number of rotatable bonds is 5. The lowest BCUT2D eigenvalue weighted by atomic mass is 10.2. The number of carbonyl (C=O) groups is 1. The van der Waals surface area contributed by atoms with Crippen LogP contribution in [0.1, 0.15) is 24.8 Å². The third-order valence-electron chi connectivity index (χ3n) is 4.08. The van der Waals surface area contributed by atoms with Gasteiger partial charge in [-0.05, 0) is 37.5 Å². The molecule has 1 aliphatic heterocycles. The summed E-state index contributed by atoms with van der Waals surface area (Å²) in [5.74, 6) is 0.341. The number of methoxy groups -OCH3 is 1. The summed E-state index contributed by atoms with van der Waals surface area (Å²) < 4.78 is 33.0. The molecule has 6 nitrogen and oxygen atoms in total. The third-order valence-corrected chi connectivity index (χ3v) is 5.62. The van der Waals surface area contributed by atoms with E-state index in [1.165, 1.54) is 7.11 Å². The topological polar surface area (TPSA) is 75.7 Å². The molecule has 1 N–H and O–H groups in total. The molecule has 2 fully saturated rings. The van der Waals surface area contributed by atoms with Crippen molar-refractivity contribution in [1.82, 2.24) is 9.62 Å². The number of aryl methyl sites for hydroxylation is 1. The van der Waals surface area contributed by atoms with Crippen LogP contribution in [0.15, 0.2) is 23.1 Å². The molecule has 1 atom stereocenters. The first-order valence-corrected chi connectivity index (χ1v) is 8.85. The maximum atomic E-state index is 12.6. The van der Waals surface area contributed by atoms with E-state index in [0.29, 0.717) is 18.3 Å². The molecule has 120 valence electrons. The van der Waals surface area contributed by atoms with E-state index in [2.05, 4.69) is 4.72 Å². The summed E-state index contributed by atoms with van der Waals surface area (Å²) in [5, 5.41) is 0. The van der Waals surface area contributed by atoms with Gasteiger partial charge in [0.1, 0.15) is 10.6 Å². The summed E-state index contributed by atoms with van der Waals surface area (Å²) in [5.41, 5.74) is 0.836. The molecule has 0 bridgehead atoms. The fourth-order valence-electron chi connectivity index (χ4n) is 2.83. The first-order valence-electron chi connectivity index (χ1n) is 7.37. The average molecular weight is 324 g/mol. The zero-order valence-electron chi connectivity index (χ0n) is 12.7. The van der Waals surface area contributed by atoms with E-state index in [9.17, 15) is 13.2 Å². The Morgan fingerprint density at radius 2 is 2.05 bits per heavy atom. The van der Waals surface area contributed by atoms with E-state index in [1.54, 1.807) is 23.1 Å². The summed E-state index contributed by atoms with van der Waals surface area (Å²) in [4.78, 5) is 13.8. The van der Waals surface area contributed by atoms with E-state index >= 15 is 0 Å². The van der Waals surface area contributed by atoms with E-state index in [1.807, 2.05) is 6.92 Å². The monoisotopic (exact) mass is 324 g/mol. The first kappa shape index (κ1) is 15.3. The Labute approximate surface area is 130 Å². The number of hydrogen-bond acceptors (Lipinski definition) is 4. The Hall–Kier alpha value is -1.60. The molecule has 1 aromatic rings. The number of ether oxygens (including phenoxy) is 1. The molecule has 0 aromatic heterocycles. The predicted octanol–water partition coefficient (Wildman–Crippen LogP) is 1.05. The fourth-order valence-corrected chi connectivity index (χ4v) is 4.31. The molecule has 0 spiro atoms. The van der Waals surface area contributed by atoms with Gasteiger partial charge in [0.05, 0.1) is 7.11 Å². The minimum atomic E-state index is -3.71. The van der Waals surface area contributed by atoms with E-state index < -0.39 is 10.0 Å². The maximum absolute atomic E-state index is 12.6. The molecule has 3 rings (SSSR count). The van der Waals surface area contributed by atoms with Gasteiger partial charge in [-0.15, -0.1) is 0 Å². The van der Waals surface area contributed by atoms with E-state index in [-0.39, 0.29) is 23.3 Å². The van der Waals surface area contributed by atoms with Crippen LogP contribution in [-0.2, 0) is 14.8 Å². The van der Waals surface area contributed by atoms with Gasteiger partial charge >= 0.3 is 0 Å². The summed E-state index contributed by atoms with van der Waals surface area (Å²) in [6.45, 7) is 2.28. The van der Waals surface area contributed by atoms with Gasteiger partial charge in [-0.3, -0.25) is 4.79 Å². The number of amides is 1. The lowest BCUT2D eigenvalue weighted by molar-refractivity contribution is -0.128. The number of nitrogens with one attached hydrogen (secondary N) is 1. The van der Waals surface area contributed by atoms with Crippen LogP contribution < -0.4 is 9.46 Å². The number of benzene rings is 1. The van der Waals surface area contributed by atoms with Crippen LogP contribution in [0.5, 0.6) is 5.75 Å². The van der Waals surface area contributed by atoms with Crippen molar-refractivity contribution in [2.75, 3.05) is 13.7 Å². The molecular formula is C15H20N2O4S. The van der Waals surface area contributed by atoms with Gasteiger partial charge in [0, 0.05) is 25.0 Å². The first-order chi connectivity index (χ1) is 10.4. The van der Waals surface area contributed by atoms with Gasteiger partial charge in [-0.2, -0.15) is 0 Å². The number of sulfonamides is 1. The van der Waals surface area contributed by atoms with Crippen molar-refractivity contribution < 1.29 is 17.9 Å². The predicted molar refractivity (Wildman–Crippen MR) is 81.2 cm³/mol. The molecule has 0 radical (unpaired) electrons. The number of carbonyl (C=O) groups excluding carboxylic acids is 1. The molecule has 1 aromatic carbocycles. The normalized spacial score (nSPS) is 22.2. The van der Waals surface area contributed by atoms with Gasteiger partial charge in [0.2, 0.25) is 15.9 Å². The van der Waals surface area contributed by atoms with Crippen LogP contribution >= 0.6 is 0 Å². The lowest BCUT2D eigenvalue weighted by Crippen LogP contribution is -2.37. The lowest BCUT2D eigenvalue weighted by Gasteiger charge is -2.17. The SMILES string of the molecule is COc1ccc(C)cc1S(=O)(=O)NC1CC(=O)N(C2CC2)C1. The fraction of sp³-hybridized carbons (Fsp3) is 0.533. The highest BCUT2D eigenvalue weighted by atomic mass is 32.2. The van der Waals surface area contributed by atoms with Crippen molar-refractivity contribution in [1.29, 1.82) is 0 Å². The van der Waals surface area contributed by atoms with Gasteiger partial charge in [0.15, 0.2) is 0 Å². The maximum Gasteiger partial charge on any atom is 0.244 e. The molecule has 7 heteroatoms. The third kappa shape index (κ3) is 2.96. The molecule has 1 amide bonds. The minimum Gasteiger partial charge on any atom is -0.495 e. The van der Waals surface area contributed by atoms with Crippen molar-refractivity contribution >= 4 is 15.9 Å². The summed E-state index contributed by atoms with van der Waals surface area (Å²) >= 11 is 0. The largest absolute Gasteiger partial charge is 0.495 e. The second kappa shape index (κ2) is 5.55. The molecule has 1 heterocycles. The molecule has 2 aliphatic rings. The highest BCUT2D eigenvalue weighted by molar-refractivity contribution is 7.89. The van der Waals surface area contributed by atoms with Crippen LogP contribution in [0.25, 0.3) is 0 Å². The second-order valence-corrected chi connectivity index (χ2v) is 7.64. The van der Waals surface area contributed by atoms with Crippen molar-refractivity contribution in [3.63, 3.8) is 0 Å². The zero-order chi connectivity index (χ0) is 15.9. The molecule has 1 aliphatic carbocycles. The van der Waals surface area contributed by atoms with Crippen molar-refractivity contribution in [3.8, 4) is 5.75 Å². The average Bonchev–Trinajstić information content (AvgIpc) is 3.23. The molecule has 1 saturated heterocycles. The molecule has 1 unspecified atom stereocenters. The Morgan fingerprint density at radius 3 is 2.68 bits per heavy atom. The van der Waals surface area contributed by atoms with E-state index in [4.69, 9.17) is 4.74 Å². The van der Waals surface area contributed by atoms with Crippen molar-refractivity contribution in [2.45, 2.75) is 43.2 Å². The Balaban J connectivity index is 1.79. The zero-order valence-corrected chi connectivity index (χ0v) is 13.5. The van der Waals surface area contributed by atoms with Crippen LogP contribution in [0.2, 0.25) is 0 Å². The van der Waals surface area contributed by atoms with Crippen molar-refractivity contribution in [2.24, 2.45) is 0 Å². The number of hydrogen-bond donors (Lipinski definition) is 1. The Bertz CT molecular complexity index is 697. The van der Waals surface area contributed by atoms with E-state index in [0.717, 1.165) is 18.4 Å². The molecule has 1 saturated carbocycles. The van der Waals surface area contributed by atoms with Gasteiger partial charge in [0.25, 0.3) is 0 Å². The van der Waals surface area contributed by atoms with Crippen molar-refractivity contribution in [3.05, 3.63) is 23.8 Å². The summed E-state index contributed by atoms with van der Waals surface area (Å²) in [7, 11) is -2.27. The van der Waals surface area contributed by atoms with Crippen LogP contribution in [0.4, 0.5) is 0 Å². The standard InChI is InChI=1S/C15H20N2O4S/c1-10-3-6-13(21-2)14(7-10)22(19,20)16-11-8-15(18)17(9-11)12-4-5-12/h3,6-7,11-12,16H,4-5,8-9H2,1-2H3.